The standard InChI is InChI=1S/C14H9F4NO2/c15-9-5-8(11(16)13(18)12(9)17)14(21)19-10-4-2-1-3-7(10)6-20/h1-5,20H,6H2,(H,19,21). The lowest BCUT2D eigenvalue weighted by molar-refractivity contribution is 0.102. The van der Waals surface area contributed by atoms with Gasteiger partial charge in [-0.15, -0.1) is 0 Å². The molecule has 3 nitrogen and oxygen atoms in total. The first kappa shape index (κ1) is 15.0. The lowest BCUT2D eigenvalue weighted by Crippen LogP contribution is -2.17. The van der Waals surface area contributed by atoms with Crippen molar-refractivity contribution >= 4 is 11.6 Å². The molecule has 0 aliphatic carbocycles. The van der Waals surface area contributed by atoms with Crippen molar-refractivity contribution < 1.29 is 27.5 Å². The van der Waals surface area contributed by atoms with Crippen LogP contribution in [0.25, 0.3) is 0 Å². The van der Waals surface area contributed by atoms with Crippen molar-refractivity contribution in [3.05, 3.63) is 64.7 Å². The summed E-state index contributed by atoms with van der Waals surface area (Å²) in [5.41, 5.74) is -0.497. The first-order valence-electron chi connectivity index (χ1n) is 5.78. The van der Waals surface area contributed by atoms with Crippen LogP contribution in [-0.2, 0) is 6.61 Å². The van der Waals surface area contributed by atoms with Gasteiger partial charge >= 0.3 is 0 Å². The van der Waals surface area contributed by atoms with Gasteiger partial charge in [-0.3, -0.25) is 4.79 Å². The molecule has 110 valence electrons. The number of hydrogen-bond acceptors (Lipinski definition) is 2. The first-order valence-corrected chi connectivity index (χ1v) is 5.78. The summed E-state index contributed by atoms with van der Waals surface area (Å²) in [5.74, 6) is -8.66. The summed E-state index contributed by atoms with van der Waals surface area (Å²) in [5, 5.41) is 11.3. The lowest BCUT2D eigenvalue weighted by atomic mass is 10.1. The van der Waals surface area contributed by atoms with Crippen LogP contribution in [0, 0.1) is 23.3 Å². The van der Waals surface area contributed by atoms with E-state index in [9.17, 15) is 22.4 Å². The van der Waals surface area contributed by atoms with Crippen LogP contribution in [0.15, 0.2) is 30.3 Å². The topological polar surface area (TPSA) is 49.3 Å². The number of amides is 1. The van der Waals surface area contributed by atoms with E-state index >= 15 is 0 Å². The number of benzene rings is 2. The van der Waals surface area contributed by atoms with Crippen LogP contribution in [-0.4, -0.2) is 11.0 Å². The van der Waals surface area contributed by atoms with Crippen molar-refractivity contribution in [1.29, 1.82) is 0 Å². The third-order valence-electron chi connectivity index (χ3n) is 2.78. The summed E-state index contributed by atoms with van der Waals surface area (Å²) in [4.78, 5) is 11.8. The number of aliphatic hydroxyl groups excluding tert-OH is 1. The molecule has 0 spiro atoms. The maximum Gasteiger partial charge on any atom is 0.258 e. The van der Waals surface area contributed by atoms with Gasteiger partial charge in [-0.1, -0.05) is 18.2 Å². The molecule has 0 radical (unpaired) electrons. The second kappa shape index (κ2) is 5.92. The second-order valence-corrected chi connectivity index (χ2v) is 4.12. The molecule has 2 N–H and O–H groups in total. The molecular weight excluding hydrogens is 290 g/mol. The zero-order valence-corrected chi connectivity index (χ0v) is 10.5. The van der Waals surface area contributed by atoms with E-state index in [4.69, 9.17) is 5.11 Å². The molecule has 2 aromatic rings. The Hall–Kier alpha value is -2.41. The summed E-state index contributed by atoms with van der Waals surface area (Å²) in [6, 6.07) is 6.32. The quantitative estimate of drug-likeness (QED) is 0.520. The summed E-state index contributed by atoms with van der Waals surface area (Å²) in [6.07, 6.45) is 0. The number of aliphatic hydroxyl groups is 1. The number of carbonyl (C=O) groups excluding carboxylic acids is 1. The fourth-order valence-corrected chi connectivity index (χ4v) is 1.71. The summed E-state index contributed by atoms with van der Waals surface area (Å²) >= 11 is 0. The minimum absolute atomic E-state index is 0.148. The largest absolute Gasteiger partial charge is 0.392 e. The lowest BCUT2D eigenvalue weighted by Gasteiger charge is -2.10. The summed E-state index contributed by atoms with van der Waals surface area (Å²) < 4.78 is 52.5. The highest BCUT2D eigenvalue weighted by atomic mass is 19.2. The number of para-hydroxylation sites is 1. The fourth-order valence-electron chi connectivity index (χ4n) is 1.71. The number of nitrogens with one attached hydrogen (secondary N) is 1. The van der Waals surface area contributed by atoms with Crippen molar-refractivity contribution in [2.24, 2.45) is 0 Å². The van der Waals surface area contributed by atoms with Gasteiger partial charge in [-0.05, 0) is 12.1 Å². The molecule has 0 aliphatic rings. The molecule has 21 heavy (non-hydrogen) atoms. The van der Waals surface area contributed by atoms with Gasteiger partial charge in [0.25, 0.3) is 5.91 Å². The van der Waals surface area contributed by atoms with Crippen LogP contribution in [0.5, 0.6) is 0 Å². The predicted octanol–water partition coefficient (Wildman–Crippen LogP) is 2.99. The Labute approximate surface area is 116 Å². The van der Waals surface area contributed by atoms with Gasteiger partial charge in [0.15, 0.2) is 23.3 Å². The Bertz CT molecular complexity index is 704. The summed E-state index contributed by atoms with van der Waals surface area (Å²) in [7, 11) is 0. The van der Waals surface area contributed by atoms with Crippen molar-refractivity contribution in [3.63, 3.8) is 0 Å². The first-order chi connectivity index (χ1) is 9.95. The molecule has 0 atom stereocenters. The van der Waals surface area contributed by atoms with Gasteiger partial charge in [0.1, 0.15) is 0 Å². The van der Waals surface area contributed by atoms with Crippen LogP contribution in [0.3, 0.4) is 0 Å². The van der Waals surface area contributed by atoms with Crippen LogP contribution in [0.2, 0.25) is 0 Å². The predicted molar refractivity (Wildman–Crippen MR) is 66.6 cm³/mol. The molecule has 7 heteroatoms. The van der Waals surface area contributed by atoms with Crippen LogP contribution in [0.4, 0.5) is 23.2 Å². The molecule has 2 aromatic carbocycles. The van der Waals surface area contributed by atoms with Gasteiger partial charge in [0.05, 0.1) is 12.2 Å². The maximum absolute atomic E-state index is 13.5. The van der Waals surface area contributed by atoms with Crippen molar-refractivity contribution in [2.75, 3.05) is 5.32 Å². The number of rotatable bonds is 3. The van der Waals surface area contributed by atoms with E-state index in [1.165, 1.54) is 18.2 Å². The third-order valence-corrected chi connectivity index (χ3v) is 2.78. The number of carbonyl (C=O) groups is 1. The summed E-state index contributed by atoms with van der Waals surface area (Å²) in [6.45, 7) is -0.398. The van der Waals surface area contributed by atoms with E-state index in [-0.39, 0.29) is 11.8 Å². The van der Waals surface area contributed by atoms with E-state index in [2.05, 4.69) is 5.32 Å². The van der Waals surface area contributed by atoms with Gasteiger partial charge in [-0.2, -0.15) is 0 Å². The number of halogens is 4. The Balaban J connectivity index is 2.38. The van der Waals surface area contributed by atoms with Gasteiger partial charge in [0, 0.05) is 11.3 Å². The molecule has 0 saturated carbocycles. The second-order valence-electron chi connectivity index (χ2n) is 4.12. The third kappa shape index (κ3) is 2.87. The van der Waals surface area contributed by atoms with Crippen molar-refractivity contribution in [3.8, 4) is 0 Å². The zero-order valence-electron chi connectivity index (χ0n) is 10.5. The molecule has 0 aliphatic heterocycles. The van der Waals surface area contributed by atoms with E-state index in [0.29, 0.717) is 5.56 Å². The smallest absolute Gasteiger partial charge is 0.258 e. The van der Waals surface area contributed by atoms with E-state index in [0.717, 1.165) is 0 Å². The number of hydrogen-bond donors (Lipinski definition) is 2. The zero-order chi connectivity index (χ0) is 15.6. The Morgan fingerprint density at radius 1 is 1.05 bits per heavy atom. The highest BCUT2D eigenvalue weighted by molar-refractivity contribution is 6.04. The average Bonchev–Trinajstić information content (AvgIpc) is 2.49. The molecule has 0 aromatic heterocycles. The monoisotopic (exact) mass is 299 g/mol. The SMILES string of the molecule is O=C(Nc1ccccc1CO)c1cc(F)c(F)c(F)c1F. The highest BCUT2D eigenvalue weighted by Crippen LogP contribution is 2.21. The molecule has 0 unspecified atom stereocenters. The van der Waals surface area contributed by atoms with Crippen molar-refractivity contribution in [1.82, 2.24) is 0 Å². The van der Waals surface area contributed by atoms with Gasteiger partial charge in [-0.25, -0.2) is 17.6 Å². The van der Waals surface area contributed by atoms with Crippen LogP contribution in [0.1, 0.15) is 15.9 Å². The Morgan fingerprint density at radius 3 is 2.38 bits per heavy atom. The molecule has 0 heterocycles. The molecule has 2 rings (SSSR count). The van der Waals surface area contributed by atoms with Crippen LogP contribution < -0.4 is 5.32 Å². The highest BCUT2D eigenvalue weighted by Gasteiger charge is 2.23. The van der Waals surface area contributed by atoms with Crippen LogP contribution >= 0.6 is 0 Å². The fraction of sp³-hybridized carbons (Fsp3) is 0.0714. The molecular formula is C14H9F4NO2. The molecule has 0 fully saturated rings. The van der Waals surface area contributed by atoms with Gasteiger partial charge in [0.2, 0.25) is 0 Å². The Kier molecular flexibility index (Phi) is 4.23. The number of anilines is 1. The van der Waals surface area contributed by atoms with E-state index in [1.807, 2.05) is 0 Å². The molecule has 0 bridgehead atoms. The minimum atomic E-state index is -2.06. The maximum atomic E-state index is 13.5. The Morgan fingerprint density at radius 2 is 1.71 bits per heavy atom. The van der Waals surface area contributed by atoms with Crippen molar-refractivity contribution in [2.45, 2.75) is 6.61 Å². The van der Waals surface area contributed by atoms with Gasteiger partial charge < -0.3 is 10.4 Å². The van der Waals surface area contributed by atoms with E-state index < -0.39 is 41.3 Å². The average molecular weight is 299 g/mol. The normalized spacial score (nSPS) is 10.5. The van der Waals surface area contributed by atoms with E-state index in [1.54, 1.807) is 6.07 Å². The minimum Gasteiger partial charge on any atom is -0.392 e. The molecule has 1 amide bonds. The molecule has 0 saturated heterocycles.